The van der Waals surface area contributed by atoms with Crippen LogP contribution in [0, 0.1) is 0 Å². The molecule has 0 radical (unpaired) electrons. The predicted octanol–water partition coefficient (Wildman–Crippen LogP) is 2.05. The van der Waals surface area contributed by atoms with Gasteiger partial charge in [0.15, 0.2) is 5.78 Å². The third-order valence-corrected chi connectivity index (χ3v) is 6.18. The van der Waals surface area contributed by atoms with Crippen LogP contribution in [0.3, 0.4) is 0 Å². The molecule has 1 spiro atoms. The summed E-state index contributed by atoms with van der Waals surface area (Å²) >= 11 is 6.27. The van der Waals surface area contributed by atoms with E-state index in [1.807, 2.05) is 4.90 Å². The topological polar surface area (TPSA) is 105 Å². The first-order valence-corrected chi connectivity index (χ1v) is 10.2. The summed E-state index contributed by atoms with van der Waals surface area (Å²) in [5.74, 6) is 0.827. The smallest absolute Gasteiger partial charge is 0.320 e. The van der Waals surface area contributed by atoms with E-state index in [0.717, 1.165) is 0 Å². The molecule has 8 nitrogen and oxygen atoms in total. The second-order valence-electron chi connectivity index (χ2n) is 7.68. The van der Waals surface area contributed by atoms with Gasteiger partial charge in [0.1, 0.15) is 17.2 Å². The number of halogens is 1. The summed E-state index contributed by atoms with van der Waals surface area (Å²) in [7, 11) is 1.56. The van der Waals surface area contributed by atoms with Crippen molar-refractivity contribution in [3.8, 4) is 5.75 Å². The summed E-state index contributed by atoms with van der Waals surface area (Å²) in [5.41, 5.74) is 5.92. The Balaban J connectivity index is 1.55. The quantitative estimate of drug-likeness (QED) is 0.747. The van der Waals surface area contributed by atoms with Crippen molar-refractivity contribution in [3.63, 3.8) is 0 Å². The van der Waals surface area contributed by atoms with Crippen LogP contribution in [-0.4, -0.2) is 59.8 Å². The van der Waals surface area contributed by atoms with Crippen LogP contribution in [-0.2, 0) is 4.79 Å². The minimum Gasteiger partial charge on any atom is -0.484 e. The molecule has 3 aliphatic rings. The summed E-state index contributed by atoms with van der Waals surface area (Å²) in [6.45, 7) is 1.32. The molecule has 0 aromatic heterocycles. The first-order valence-electron chi connectivity index (χ1n) is 9.80. The van der Waals surface area contributed by atoms with E-state index in [2.05, 4.69) is 5.32 Å². The number of nitrogens with two attached hydrogens (primary N) is 1. The zero-order valence-corrected chi connectivity index (χ0v) is 17.4. The Morgan fingerprint density at radius 1 is 1.27 bits per heavy atom. The van der Waals surface area contributed by atoms with Gasteiger partial charge in [-0.2, -0.15) is 0 Å². The molecule has 1 aromatic rings. The highest BCUT2D eigenvalue weighted by Gasteiger charge is 2.44. The molecular formula is C21H23ClN4O4. The molecule has 1 saturated heterocycles. The molecule has 0 saturated carbocycles. The maximum Gasteiger partial charge on any atom is 0.320 e. The lowest BCUT2D eigenvalue weighted by atomic mass is 9.82. The monoisotopic (exact) mass is 430 g/mol. The standard InChI is InChI=1S/C21H23ClN4O4/c1-24-19(28)13-5-8-26(20(23)29)17(11-13)25-9-6-21(7-10-25)12-16(27)14-3-2-4-15(22)18(14)30-21/h2-5,11H,6-10,12H2,1H3,(H2,23,29)(H,24,28). The maximum atomic E-state index is 12.7. The summed E-state index contributed by atoms with van der Waals surface area (Å²) in [5, 5.41) is 3.02. The first kappa shape index (κ1) is 20.3. The van der Waals surface area contributed by atoms with E-state index in [1.165, 1.54) is 4.90 Å². The van der Waals surface area contributed by atoms with Crippen LogP contribution in [0.25, 0.3) is 0 Å². The van der Waals surface area contributed by atoms with E-state index >= 15 is 0 Å². The van der Waals surface area contributed by atoms with Crippen LogP contribution in [0.2, 0.25) is 5.02 Å². The number of nitrogens with zero attached hydrogens (tertiary/aromatic N) is 2. The number of fused-ring (bicyclic) bond motifs is 1. The van der Waals surface area contributed by atoms with Crippen LogP contribution in [0.5, 0.6) is 5.75 Å². The number of carbonyl (C=O) groups is 3. The number of Topliss-reactive ketones (excluding diaryl/α,β-unsaturated/α-hetero) is 1. The van der Waals surface area contributed by atoms with Gasteiger partial charge >= 0.3 is 6.03 Å². The van der Waals surface area contributed by atoms with Gasteiger partial charge in [-0.05, 0) is 18.2 Å². The van der Waals surface area contributed by atoms with Crippen molar-refractivity contribution < 1.29 is 19.1 Å². The highest BCUT2D eigenvalue weighted by Crippen LogP contribution is 2.43. The van der Waals surface area contributed by atoms with Crippen LogP contribution < -0.4 is 15.8 Å². The lowest BCUT2D eigenvalue weighted by Crippen LogP contribution is -2.53. The van der Waals surface area contributed by atoms with E-state index in [1.54, 1.807) is 37.4 Å². The van der Waals surface area contributed by atoms with Gasteiger partial charge in [0.2, 0.25) is 0 Å². The normalized spacial score (nSPS) is 20.1. The highest BCUT2D eigenvalue weighted by atomic mass is 35.5. The number of para-hydroxylation sites is 1. The Morgan fingerprint density at radius 3 is 2.67 bits per heavy atom. The van der Waals surface area contributed by atoms with Crippen molar-refractivity contribution in [2.45, 2.75) is 24.9 Å². The van der Waals surface area contributed by atoms with Gasteiger partial charge in [-0.1, -0.05) is 23.7 Å². The van der Waals surface area contributed by atoms with Gasteiger partial charge in [-0.15, -0.1) is 0 Å². The molecule has 9 heteroatoms. The van der Waals surface area contributed by atoms with Crippen molar-refractivity contribution in [1.82, 2.24) is 15.1 Å². The van der Waals surface area contributed by atoms with E-state index in [9.17, 15) is 14.4 Å². The molecule has 3 heterocycles. The largest absolute Gasteiger partial charge is 0.484 e. The fourth-order valence-electron chi connectivity index (χ4n) is 4.22. The molecule has 1 aromatic carbocycles. The summed E-state index contributed by atoms with van der Waals surface area (Å²) in [4.78, 5) is 40.1. The van der Waals surface area contributed by atoms with Gasteiger partial charge in [0.05, 0.1) is 17.0 Å². The molecule has 30 heavy (non-hydrogen) atoms. The van der Waals surface area contributed by atoms with Crippen LogP contribution >= 0.6 is 11.6 Å². The van der Waals surface area contributed by atoms with E-state index in [4.69, 9.17) is 22.1 Å². The van der Waals surface area contributed by atoms with Gasteiger partial charge < -0.3 is 20.7 Å². The molecule has 4 rings (SSSR count). The predicted molar refractivity (Wildman–Crippen MR) is 111 cm³/mol. The molecule has 3 amide bonds. The number of piperidine rings is 1. The fourth-order valence-corrected chi connectivity index (χ4v) is 4.43. The second kappa shape index (κ2) is 7.68. The molecule has 0 aliphatic carbocycles. The number of hydrogen-bond donors (Lipinski definition) is 2. The van der Waals surface area contributed by atoms with Crippen molar-refractivity contribution >= 4 is 29.3 Å². The summed E-state index contributed by atoms with van der Waals surface area (Å²) < 4.78 is 6.27. The molecule has 3 N–H and O–H groups in total. The average Bonchev–Trinajstić information content (AvgIpc) is 2.74. The van der Waals surface area contributed by atoms with Crippen molar-refractivity contribution in [1.29, 1.82) is 0 Å². The van der Waals surface area contributed by atoms with Crippen LogP contribution in [0.15, 0.2) is 41.7 Å². The van der Waals surface area contributed by atoms with Crippen LogP contribution in [0.1, 0.15) is 29.6 Å². The van der Waals surface area contributed by atoms with Crippen molar-refractivity contribution in [2.75, 3.05) is 26.7 Å². The molecular weight excluding hydrogens is 408 g/mol. The Bertz CT molecular complexity index is 979. The average molecular weight is 431 g/mol. The Morgan fingerprint density at radius 2 is 2.00 bits per heavy atom. The summed E-state index contributed by atoms with van der Waals surface area (Å²) in [6, 6.07) is 4.61. The number of urea groups is 1. The Hall–Kier alpha value is -3.00. The van der Waals surface area contributed by atoms with Gasteiger partial charge in [0.25, 0.3) is 5.91 Å². The number of ketones is 1. The van der Waals surface area contributed by atoms with Crippen molar-refractivity contribution in [3.05, 3.63) is 52.3 Å². The summed E-state index contributed by atoms with van der Waals surface area (Å²) in [6.07, 6.45) is 4.78. The zero-order chi connectivity index (χ0) is 21.5. The van der Waals surface area contributed by atoms with Gasteiger partial charge in [0, 0.05) is 45.1 Å². The number of likely N-dealkylation sites (tertiary alicyclic amines) is 1. The molecule has 0 bridgehead atoms. The molecule has 3 aliphatic heterocycles. The molecule has 158 valence electrons. The number of ether oxygens (including phenoxy) is 1. The maximum absolute atomic E-state index is 12.7. The Labute approximate surface area is 179 Å². The minimum absolute atomic E-state index is 0.0210. The first-order chi connectivity index (χ1) is 14.3. The number of benzene rings is 1. The molecule has 0 atom stereocenters. The van der Waals surface area contributed by atoms with E-state index in [-0.39, 0.29) is 24.7 Å². The lowest BCUT2D eigenvalue weighted by molar-refractivity contribution is -0.116. The minimum atomic E-state index is -0.627. The lowest BCUT2D eigenvalue weighted by Gasteiger charge is -2.46. The number of nitrogens with one attached hydrogen (secondary N) is 1. The zero-order valence-electron chi connectivity index (χ0n) is 16.6. The third-order valence-electron chi connectivity index (χ3n) is 5.88. The van der Waals surface area contributed by atoms with E-state index < -0.39 is 11.6 Å². The third kappa shape index (κ3) is 3.52. The number of rotatable bonds is 2. The SMILES string of the molecule is CNC(=O)C1=CCN(C(N)=O)C(N2CCC3(CC2)CC(=O)c2cccc(Cl)c2O3)=C1. The number of primary amides is 1. The molecule has 0 unspecified atom stereocenters. The van der Waals surface area contributed by atoms with Crippen LogP contribution in [0.4, 0.5) is 4.79 Å². The molecule has 1 fully saturated rings. The number of carbonyl (C=O) groups excluding carboxylic acids is 3. The Kier molecular flexibility index (Phi) is 5.19. The van der Waals surface area contributed by atoms with Crippen molar-refractivity contribution in [2.24, 2.45) is 5.73 Å². The van der Waals surface area contributed by atoms with Gasteiger partial charge in [-0.3, -0.25) is 14.5 Å². The highest BCUT2D eigenvalue weighted by molar-refractivity contribution is 6.32. The number of hydrogen-bond acceptors (Lipinski definition) is 5. The number of amides is 3. The number of likely N-dealkylation sites (N-methyl/N-ethyl adjacent to an activating group) is 1. The second-order valence-corrected chi connectivity index (χ2v) is 8.09. The van der Waals surface area contributed by atoms with E-state index in [0.29, 0.717) is 53.7 Å². The fraction of sp³-hybridized carbons (Fsp3) is 0.381. The van der Waals surface area contributed by atoms with Gasteiger partial charge in [-0.25, -0.2) is 4.79 Å².